The second kappa shape index (κ2) is 5.60. The van der Waals surface area contributed by atoms with E-state index in [2.05, 4.69) is 20.9 Å². The summed E-state index contributed by atoms with van der Waals surface area (Å²) in [6.07, 6.45) is -4.09. The fourth-order valence-corrected chi connectivity index (χ4v) is 3.06. The Kier molecular flexibility index (Phi) is 4.27. The van der Waals surface area contributed by atoms with E-state index in [1.165, 1.54) is 0 Å². The molecule has 1 heterocycles. The molecule has 1 aromatic carbocycles. The van der Waals surface area contributed by atoms with E-state index in [1.807, 2.05) is 24.3 Å². The van der Waals surface area contributed by atoms with Crippen LogP contribution in [0.15, 0.2) is 28.7 Å². The van der Waals surface area contributed by atoms with E-state index in [0.29, 0.717) is 11.4 Å². The molecule has 2 aromatic rings. The molecule has 0 unspecified atom stereocenters. The molecule has 19 heavy (non-hydrogen) atoms. The Morgan fingerprint density at radius 3 is 2.47 bits per heavy atom. The van der Waals surface area contributed by atoms with Gasteiger partial charge in [0.25, 0.3) is 0 Å². The van der Waals surface area contributed by atoms with E-state index < -0.39 is 11.9 Å². The predicted octanol–water partition coefficient (Wildman–Crippen LogP) is 3.97. The molecule has 0 spiro atoms. The lowest BCUT2D eigenvalue weighted by molar-refractivity contribution is -0.141. The van der Waals surface area contributed by atoms with Crippen LogP contribution in [0.5, 0.6) is 0 Å². The minimum atomic E-state index is -4.45. The summed E-state index contributed by atoms with van der Waals surface area (Å²) in [5.41, 5.74) is 5.38. The second-order valence-electron chi connectivity index (χ2n) is 3.85. The first-order valence-corrected chi connectivity index (χ1v) is 7.02. The number of alkyl halides is 3. The Bertz CT molecular complexity index is 581. The van der Waals surface area contributed by atoms with Crippen molar-refractivity contribution in [3.63, 3.8) is 0 Å². The maximum absolute atomic E-state index is 12.7. The minimum Gasteiger partial charge on any atom is -0.326 e. The van der Waals surface area contributed by atoms with Crippen LogP contribution in [-0.2, 0) is 19.1 Å². The van der Waals surface area contributed by atoms with Gasteiger partial charge in [0.2, 0.25) is 0 Å². The Labute approximate surface area is 120 Å². The van der Waals surface area contributed by atoms with Crippen LogP contribution < -0.4 is 5.73 Å². The van der Waals surface area contributed by atoms with Gasteiger partial charge in [-0.3, -0.25) is 0 Å². The first-order chi connectivity index (χ1) is 8.91. The zero-order valence-corrected chi connectivity index (χ0v) is 12.1. The molecule has 0 atom stereocenters. The van der Waals surface area contributed by atoms with Gasteiger partial charge in [-0.15, -0.1) is 11.3 Å². The van der Waals surface area contributed by atoms with Gasteiger partial charge >= 0.3 is 6.18 Å². The molecule has 0 saturated carbocycles. The van der Waals surface area contributed by atoms with E-state index in [4.69, 9.17) is 5.73 Å². The van der Waals surface area contributed by atoms with Crippen molar-refractivity contribution < 1.29 is 13.2 Å². The maximum atomic E-state index is 12.7. The van der Waals surface area contributed by atoms with Crippen molar-refractivity contribution in [1.29, 1.82) is 0 Å². The molecular formula is C12H10BrF3N2S. The summed E-state index contributed by atoms with van der Waals surface area (Å²) in [5.74, 6) is 0. The number of nitrogens with two attached hydrogens (primary N) is 1. The molecule has 7 heteroatoms. The van der Waals surface area contributed by atoms with E-state index >= 15 is 0 Å². The third-order valence-corrected chi connectivity index (χ3v) is 4.35. The molecular weight excluding hydrogens is 341 g/mol. The third kappa shape index (κ3) is 3.34. The number of aromatic nitrogens is 1. The molecule has 0 saturated heterocycles. The molecule has 2 N–H and O–H groups in total. The smallest absolute Gasteiger partial charge is 0.326 e. The summed E-state index contributed by atoms with van der Waals surface area (Å²) < 4.78 is 39.1. The molecule has 2 rings (SSSR count). The van der Waals surface area contributed by atoms with E-state index in [-0.39, 0.29) is 11.4 Å². The van der Waals surface area contributed by atoms with Gasteiger partial charge < -0.3 is 5.73 Å². The summed E-state index contributed by atoms with van der Waals surface area (Å²) in [7, 11) is 0. The normalized spacial score (nSPS) is 11.8. The van der Waals surface area contributed by atoms with Crippen LogP contribution in [0.3, 0.4) is 0 Å². The van der Waals surface area contributed by atoms with Gasteiger partial charge in [0.1, 0.15) is 0 Å². The topological polar surface area (TPSA) is 38.9 Å². The summed E-state index contributed by atoms with van der Waals surface area (Å²) in [4.78, 5) is 3.76. The SMILES string of the molecule is NCc1sc(Cc2ccccc2Br)nc1C(F)(F)F. The average molecular weight is 351 g/mol. The molecule has 0 aliphatic heterocycles. The van der Waals surface area contributed by atoms with Crippen molar-refractivity contribution in [2.24, 2.45) is 5.73 Å². The van der Waals surface area contributed by atoms with E-state index in [1.54, 1.807) is 0 Å². The number of halogens is 4. The van der Waals surface area contributed by atoms with Crippen molar-refractivity contribution in [3.8, 4) is 0 Å². The van der Waals surface area contributed by atoms with Gasteiger partial charge in [-0.2, -0.15) is 13.2 Å². The molecule has 102 valence electrons. The number of benzene rings is 1. The predicted molar refractivity (Wildman–Crippen MR) is 72.0 cm³/mol. The molecule has 0 aliphatic rings. The van der Waals surface area contributed by atoms with Gasteiger partial charge in [-0.05, 0) is 11.6 Å². The first-order valence-electron chi connectivity index (χ1n) is 5.41. The van der Waals surface area contributed by atoms with Crippen LogP contribution >= 0.6 is 27.3 Å². The molecule has 2 nitrogen and oxygen atoms in total. The second-order valence-corrected chi connectivity index (χ2v) is 5.87. The summed E-state index contributed by atoms with van der Waals surface area (Å²) in [6.45, 7) is -0.150. The molecule has 0 bridgehead atoms. The first kappa shape index (κ1) is 14.5. The van der Waals surface area contributed by atoms with Crippen LogP contribution in [0.2, 0.25) is 0 Å². The summed E-state index contributed by atoms with van der Waals surface area (Å²) >= 11 is 4.38. The van der Waals surface area contributed by atoms with Gasteiger partial charge in [0.15, 0.2) is 5.69 Å². The molecule has 0 aliphatic carbocycles. The quantitative estimate of drug-likeness (QED) is 0.909. The van der Waals surface area contributed by atoms with Gasteiger partial charge in [-0.25, -0.2) is 4.98 Å². The van der Waals surface area contributed by atoms with Crippen LogP contribution in [0.25, 0.3) is 0 Å². The highest BCUT2D eigenvalue weighted by atomic mass is 79.9. The number of nitrogens with zero attached hydrogens (tertiary/aromatic N) is 1. The Hall–Kier alpha value is -0.920. The molecule has 0 fully saturated rings. The summed E-state index contributed by atoms with van der Waals surface area (Å²) in [6, 6.07) is 7.38. The zero-order valence-electron chi connectivity index (χ0n) is 9.67. The van der Waals surface area contributed by atoms with Crippen molar-refractivity contribution in [2.75, 3.05) is 0 Å². The lowest BCUT2D eigenvalue weighted by atomic mass is 10.2. The number of hydrogen-bond donors (Lipinski definition) is 1. The zero-order chi connectivity index (χ0) is 14.0. The highest BCUT2D eigenvalue weighted by Gasteiger charge is 2.36. The fraction of sp³-hybridized carbons (Fsp3) is 0.250. The molecule has 1 aromatic heterocycles. The monoisotopic (exact) mass is 350 g/mol. The average Bonchev–Trinajstić information content (AvgIpc) is 2.75. The van der Waals surface area contributed by atoms with Crippen molar-refractivity contribution >= 4 is 27.3 Å². The molecule has 0 radical (unpaired) electrons. The lowest BCUT2D eigenvalue weighted by Gasteiger charge is -2.03. The van der Waals surface area contributed by atoms with Crippen LogP contribution in [0.1, 0.15) is 21.1 Å². The number of rotatable bonds is 3. The maximum Gasteiger partial charge on any atom is 0.434 e. The van der Waals surface area contributed by atoms with Crippen LogP contribution in [0, 0.1) is 0 Å². The van der Waals surface area contributed by atoms with Crippen LogP contribution in [0.4, 0.5) is 13.2 Å². The summed E-state index contributed by atoms with van der Waals surface area (Å²) in [5, 5.41) is 0.416. The largest absolute Gasteiger partial charge is 0.434 e. The van der Waals surface area contributed by atoms with Gasteiger partial charge in [0.05, 0.1) is 9.88 Å². The highest BCUT2D eigenvalue weighted by Crippen LogP contribution is 2.35. The fourth-order valence-electron chi connectivity index (χ4n) is 1.64. The minimum absolute atomic E-state index is 0.0783. The van der Waals surface area contributed by atoms with Crippen molar-refractivity contribution in [3.05, 3.63) is 49.9 Å². The number of thiazole rings is 1. The molecule has 0 amide bonds. The van der Waals surface area contributed by atoms with Gasteiger partial charge in [0, 0.05) is 17.4 Å². The Morgan fingerprint density at radius 2 is 1.95 bits per heavy atom. The third-order valence-electron chi connectivity index (χ3n) is 2.50. The Morgan fingerprint density at radius 1 is 1.26 bits per heavy atom. The van der Waals surface area contributed by atoms with Gasteiger partial charge in [-0.1, -0.05) is 34.1 Å². The highest BCUT2D eigenvalue weighted by molar-refractivity contribution is 9.10. The Balaban J connectivity index is 2.32. The van der Waals surface area contributed by atoms with E-state index in [0.717, 1.165) is 21.4 Å². The van der Waals surface area contributed by atoms with Crippen molar-refractivity contribution in [2.45, 2.75) is 19.1 Å². The van der Waals surface area contributed by atoms with E-state index in [9.17, 15) is 13.2 Å². The lowest BCUT2D eigenvalue weighted by Crippen LogP contribution is -2.10. The van der Waals surface area contributed by atoms with Crippen LogP contribution in [-0.4, -0.2) is 4.98 Å². The van der Waals surface area contributed by atoms with Crippen molar-refractivity contribution in [1.82, 2.24) is 4.98 Å². The number of hydrogen-bond acceptors (Lipinski definition) is 3. The standard InChI is InChI=1S/C12H10BrF3N2S/c13-8-4-2-1-3-7(8)5-10-18-11(12(14,15)16)9(6-17)19-10/h1-4H,5-6,17H2.